The van der Waals surface area contributed by atoms with Gasteiger partial charge in [0, 0.05) is 12.6 Å². The van der Waals surface area contributed by atoms with Crippen molar-refractivity contribution >= 4 is 12.1 Å². The van der Waals surface area contributed by atoms with Crippen molar-refractivity contribution in [2.24, 2.45) is 0 Å². The van der Waals surface area contributed by atoms with E-state index in [9.17, 15) is 9.59 Å². The van der Waals surface area contributed by atoms with E-state index in [4.69, 9.17) is 4.74 Å². The van der Waals surface area contributed by atoms with Crippen molar-refractivity contribution in [2.75, 3.05) is 13.7 Å². The minimum atomic E-state index is -0.504. The number of amides is 1. The molecule has 1 aliphatic heterocycles. The highest BCUT2D eigenvalue weighted by Crippen LogP contribution is 2.21. The molecule has 18 heavy (non-hydrogen) atoms. The second-order valence-electron chi connectivity index (χ2n) is 5.27. The van der Waals surface area contributed by atoms with Gasteiger partial charge in [0.05, 0.1) is 13.2 Å². The van der Waals surface area contributed by atoms with E-state index in [-0.39, 0.29) is 12.1 Å². The normalized spacial score (nSPS) is 20.2. The summed E-state index contributed by atoms with van der Waals surface area (Å²) in [4.78, 5) is 24.6. The molecule has 0 aromatic rings. The molecule has 0 saturated carbocycles. The smallest absolute Gasteiger partial charge is 0.410 e. The second-order valence-corrected chi connectivity index (χ2v) is 5.27. The van der Waals surface area contributed by atoms with Crippen molar-refractivity contribution < 1.29 is 19.1 Å². The van der Waals surface area contributed by atoms with Crippen LogP contribution in [0.3, 0.4) is 0 Å². The van der Waals surface area contributed by atoms with E-state index in [1.807, 2.05) is 20.8 Å². The molecule has 1 aliphatic rings. The fourth-order valence-electron chi connectivity index (χ4n) is 1.80. The summed E-state index contributed by atoms with van der Waals surface area (Å²) in [7, 11) is 1.33. The van der Waals surface area contributed by atoms with Crippen molar-refractivity contribution in [1.29, 1.82) is 0 Å². The Balaban J connectivity index is 2.62. The molecule has 0 radical (unpaired) electrons. The quantitative estimate of drug-likeness (QED) is 0.560. The first-order valence-corrected chi connectivity index (χ1v) is 6.09. The summed E-state index contributed by atoms with van der Waals surface area (Å²) >= 11 is 0. The minimum absolute atomic E-state index is 0.0843. The summed E-state index contributed by atoms with van der Waals surface area (Å²) in [5.41, 5.74) is -0.504. The van der Waals surface area contributed by atoms with Crippen molar-refractivity contribution in [2.45, 2.75) is 45.3 Å². The molecule has 0 aromatic carbocycles. The van der Waals surface area contributed by atoms with E-state index in [1.54, 1.807) is 11.0 Å². The highest BCUT2D eigenvalue weighted by Gasteiger charge is 2.30. The van der Waals surface area contributed by atoms with Gasteiger partial charge in [-0.3, -0.25) is 0 Å². The molecule has 0 spiro atoms. The first kappa shape index (κ1) is 14.5. The lowest BCUT2D eigenvalue weighted by molar-refractivity contribution is -0.134. The van der Waals surface area contributed by atoms with E-state index in [2.05, 4.69) is 4.74 Å². The lowest BCUT2D eigenvalue weighted by atomic mass is 10.2. The number of ether oxygens (including phenoxy) is 2. The molecule has 1 saturated heterocycles. The summed E-state index contributed by atoms with van der Waals surface area (Å²) in [6.07, 6.45) is 4.47. The molecule has 1 fully saturated rings. The van der Waals surface area contributed by atoms with Crippen molar-refractivity contribution in [1.82, 2.24) is 4.90 Å². The molecule has 0 aliphatic carbocycles. The third kappa shape index (κ3) is 4.39. The van der Waals surface area contributed by atoms with E-state index in [1.165, 1.54) is 13.2 Å². The lowest BCUT2D eigenvalue weighted by Gasteiger charge is -2.27. The largest absolute Gasteiger partial charge is 0.466 e. The van der Waals surface area contributed by atoms with Gasteiger partial charge >= 0.3 is 12.1 Å². The highest BCUT2D eigenvalue weighted by atomic mass is 16.6. The summed E-state index contributed by atoms with van der Waals surface area (Å²) < 4.78 is 9.85. The number of carbonyl (C=O) groups excluding carboxylic acids is 2. The minimum Gasteiger partial charge on any atom is -0.466 e. The molecule has 5 nitrogen and oxygen atoms in total. The average Bonchev–Trinajstić information content (AvgIpc) is 2.71. The average molecular weight is 255 g/mol. The summed E-state index contributed by atoms with van der Waals surface area (Å²) in [6.45, 7) is 6.16. The van der Waals surface area contributed by atoms with Crippen molar-refractivity contribution in [3.8, 4) is 0 Å². The molecule has 0 N–H and O–H groups in total. The number of rotatable bonds is 2. The third-order valence-electron chi connectivity index (χ3n) is 2.58. The molecule has 0 bridgehead atoms. The number of hydrogen-bond acceptors (Lipinski definition) is 4. The van der Waals surface area contributed by atoms with Gasteiger partial charge in [-0.15, -0.1) is 0 Å². The van der Waals surface area contributed by atoms with Gasteiger partial charge in [-0.25, -0.2) is 9.59 Å². The van der Waals surface area contributed by atoms with Crippen LogP contribution in [-0.2, 0) is 14.3 Å². The van der Waals surface area contributed by atoms with E-state index >= 15 is 0 Å². The standard InChI is InChI=1S/C13H21NO4/c1-13(2,3)18-12(16)14-9-5-6-10(14)7-8-11(15)17-4/h7-8,10H,5-6,9H2,1-4H3/b8-7+. The van der Waals surface area contributed by atoms with Crippen LogP contribution in [0.4, 0.5) is 4.79 Å². The summed E-state index contributed by atoms with van der Waals surface area (Å²) in [5, 5.41) is 0. The molecule has 102 valence electrons. The molecule has 1 heterocycles. The van der Waals surface area contributed by atoms with Gasteiger partial charge in [0.2, 0.25) is 0 Å². The van der Waals surface area contributed by atoms with E-state index in [0.717, 1.165) is 12.8 Å². The van der Waals surface area contributed by atoms with Gasteiger partial charge in [0.1, 0.15) is 5.60 Å². The van der Waals surface area contributed by atoms with Crippen LogP contribution in [0.1, 0.15) is 33.6 Å². The predicted molar refractivity (Wildman–Crippen MR) is 67.1 cm³/mol. The Morgan fingerprint density at radius 2 is 2.00 bits per heavy atom. The molecule has 1 rings (SSSR count). The van der Waals surface area contributed by atoms with Crippen LogP contribution >= 0.6 is 0 Å². The van der Waals surface area contributed by atoms with Gasteiger partial charge in [0.15, 0.2) is 0 Å². The van der Waals surface area contributed by atoms with Crippen LogP contribution in [0.5, 0.6) is 0 Å². The Hall–Kier alpha value is -1.52. The molecule has 1 atom stereocenters. The zero-order valence-electron chi connectivity index (χ0n) is 11.4. The third-order valence-corrected chi connectivity index (χ3v) is 2.58. The number of methoxy groups -OCH3 is 1. The van der Waals surface area contributed by atoms with E-state index in [0.29, 0.717) is 6.54 Å². The van der Waals surface area contributed by atoms with Crippen LogP contribution in [0.25, 0.3) is 0 Å². The maximum Gasteiger partial charge on any atom is 0.410 e. The van der Waals surface area contributed by atoms with E-state index < -0.39 is 11.6 Å². The number of nitrogens with zero attached hydrogens (tertiary/aromatic N) is 1. The first-order valence-electron chi connectivity index (χ1n) is 6.09. The second kappa shape index (κ2) is 5.89. The molecular formula is C13H21NO4. The maximum absolute atomic E-state index is 11.9. The predicted octanol–water partition coefficient (Wildman–Crippen LogP) is 2.12. The molecule has 5 heteroatoms. The van der Waals surface area contributed by atoms with Crippen LogP contribution in [0, 0.1) is 0 Å². The van der Waals surface area contributed by atoms with Crippen LogP contribution in [-0.4, -0.2) is 42.3 Å². The zero-order valence-corrected chi connectivity index (χ0v) is 11.4. The molecular weight excluding hydrogens is 234 g/mol. The number of esters is 1. The molecule has 1 unspecified atom stereocenters. The fraction of sp³-hybridized carbons (Fsp3) is 0.692. The van der Waals surface area contributed by atoms with Crippen molar-refractivity contribution in [3.05, 3.63) is 12.2 Å². The zero-order chi connectivity index (χ0) is 13.8. The lowest BCUT2D eigenvalue weighted by Crippen LogP contribution is -2.39. The Kier molecular flexibility index (Phi) is 4.76. The molecule has 0 aromatic heterocycles. The molecule has 1 amide bonds. The van der Waals surface area contributed by atoms with Gasteiger partial charge in [-0.05, 0) is 33.6 Å². The van der Waals surface area contributed by atoms with Gasteiger partial charge in [0.25, 0.3) is 0 Å². The summed E-state index contributed by atoms with van der Waals surface area (Å²) in [6, 6.07) is -0.0843. The summed E-state index contributed by atoms with van der Waals surface area (Å²) in [5.74, 6) is -0.411. The SMILES string of the molecule is COC(=O)/C=C/C1CCCN1C(=O)OC(C)(C)C. The Morgan fingerprint density at radius 3 is 2.56 bits per heavy atom. The van der Waals surface area contributed by atoms with Gasteiger partial charge in [-0.2, -0.15) is 0 Å². The Morgan fingerprint density at radius 1 is 1.33 bits per heavy atom. The van der Waals surface area contributed by atoms with Crippen LogP contribution < -0.4 is 0 Å². The van der Waals surface area contributed by atoms with Gasteiger partial charge in [-0.1, -0.05) is 6.08 Å². The van der Waals surface area contributed by atoms with Crippen LogP contribution in [0.2, 0.25) is 0 Å². The van der Waals surface area contributed by atoms with Crippen LogP contribution in [0.15, 0.2) is 12.2 Å². The first-order chi connectivity index (χ1) is 8.33. The maximum atomic E-state index is 11.9. The Labute approximate surface area is 108 Å². The van der Waals surface area contributed by atoms with Gasteiger partial charge < -0.3 is 14.4 Å². The number of likely N-dealkylation sites (tertiary alicyclic amines) is 1. The number of carbonyl (C=O) groups is 2. The topological polar surface area (TPSA) is 55.8 Å². The number of hydrogen-bond donors (Lipinski definition) is 0. The van der Waals surface area contributed by atoms with Crippen molar-refractivity contribution in [3.63, 3.8) is 0 Å². The monoisotopic (exact) mass is 255 g/mol. The fourth-order valence-corrected chi connectivity index (χ4v) is 1.80. The highest BCUT2D eigenvalue weighted by molar-refractivity contribution is 5.82. The Bertz CT molecular complexity index is 343.